The number of amides is 1. The van der Waals surface area contributed by atoms with Crippen LogP contribution in [0.25, 0.3) is 16.5 Å². The van der Waals surface area contributed by atoms with Crippen LogP contribution in [0.1, 0.15) is 17.3 Å². The molecule has 37 heavy (non-hydrogen) atoms. The van der Waals surface area contributed by atoms with E-state index in [2.05, 4.69) is 5.32 Å². The molecule has 0 aliphatic rings. The molecule has 0 aliphatic carbocycles. The van der Waals surface area contributed by atoms with Crippen molar-refractivity contribution in [2.24, 2.45) is 0 Å². The van der Waals surface area contributed by atoms with E-state index in [1.54, 1.807) is 54.6 Å². The summed E-state index contributed by atoms with van der Waals surface area (Å²) < 4.78 is 28.4. The number of benzene rings is 3. The maximum Gasteiger partial charge on any atom is 0.263 e. The molecule has 0 radical (unpaired) electrons. The molecule has 4 aromatic rings. The molecular weight excluding hydrogens is 476 g/mol. The van der Waals surface area contributed by atoms with Crippen LogP contribution in [0.2, 0.25) is 0 Å². The molecule has 1 heterocycles. The van der Waals surface area contributed by atoms with Gasteiger partial charge in [-0.1, -0.05) is 0 Å². The third-order valence-corrected chi connectivity index (χ3v) is 5.83. The maximum absolute atomic E-state index is 13.6. The number of carbonyl (C=O) groups excluding carboxylic acids is 1. The molecule has 0 unspecified atom stereocenters. The average molecular weight is 505 g/mol. The number of methoxy groups -OCH3 is 4. The van der Waals surface area contributed by atoms with Crippen molar-refractivity contribution in [2.45, 2.75) is 6.92 Å². The number of fused-ring (bicyclic) bond motifs is 1. The zero-order valence-electron chi connectivity index (χ0n) is 21.3. The van der Waals surface area contributed by atoms with Crippen molar-refractivity contribution in [1.82, 2.24) is 4.57 Å². The molecule has 4 rings (SSSR count). The first-order chi connectivity index (χ1) is 17.9. The Morgan fingerprint density at radius 3 is 1.97 bits per heavy atom. The highest BCUT2D eigenvalue weighted by molar-refractivity contribution is 6.13. The second kappa shape index (κ2) is 10.9. The van der Waals surface area contributed by atoms with Crippen molar-refractivity contribution in [3.05, 3.63) is 76.7 Å². The van der Waals surface area contributed by atoms with Crippen LogP contribution >= 0.6 is 0 Å². The molecule has 0 aliphatic heterocycles. The van der Waals surface area contributed by atoms with Crippen LogP contribution in [-0.4, -0.2) is 45.5 Å². The highest BCUT2D eigenvalue weighted by Crippen LogP contribution is 2.34. The monoisotopic (exact) mass is 504 g/mol. The molecule has 1 aromatic heterocycles. The van der Waals surface area contributed by atoms with E-state index in [9.17, 15) is 9.59 Å². The lowest BCUT2D eigenvalue weighted by atomic mass is 10.0. The van der Waals surface area contributed by atoms with Gasteiger partial charge in [0.1, 0.15) is 5.75 Å². The second-order valence-corrected chi connectivity index (χ2v) is 7.92. The first-order valence-corrected chi connectivity index (χ1v) is 11.5. The fourth-order valence-corrected chi connectivity index (χ4v) is 4.02. The van der Waals surface area contributed by atoms with Gasteiger partial charge in [-0.2, -0.15) is 0 Å². The van der Waals surface area contributed by atoms with Gasteiger partial charge in [0.25, 0.3) is 11.5 Å². The van der Waals surface area contributed by atoms with Gasteiger partial charge in [-0.05, 0) is 55.5 Å². The van der Waals surface area contributed by atoms with E-state index < -0.39 is 5.91 Å². The average Bonchev–Trinajstić information content (AvgIpc) is 2.93. The first-order valence-electron chi connectivity index (χ1n) is 11.5. The van der Waals surface area contributed by atoms with Crippen molar-refractivity contribution in [1.29, 1.82) is 0 Å². The lowest BCUT2D eigenvalue weighted by molar-refractivity contribution is 0.102. The molecule has 3 aromatic carbocycles. The molecule has 0 atom stereocenters. The summed E-state index contributed by atoms with van der Waals surface area (Å²) in [6, 6.07) is 15.3. The highest BCUT2D eigenvalue weighted by atomic mass is 16.5. The van der Waals surface area contributed by atoms with Crippen LogP contribution in [0.15, 0.2) is 65.6 Å². The molecule has 0 saturated carbocycles. The molecule has 9 nitrogen and oxygen atoms in total. The number of ether oxygens (including phenoxy) is 5. The zero-order valence-corrected chi connectivity index (χ0v) is 21.3. The van der Waals surface area contributed by atoms with Gasteiger partial charge in [0.2, 0.25) is 0 Å². The van der Waals surface area contributed by atoms with Crippen molar-refractivity contribution in [3.8, 4) is 34.4 Å². The molecule has 1 N–H and O–H groups in total. The van der Waals surface area contributed by atoms with E-state index in [1.807, 2.05) is 6.92 Å². The number of nitrogens with zero attached hydrogens (tertiary/aromatic N) is 1. The Labute approximate surface area is 214 Å². The Kier molecular flexibility index (Phi) is 7.52. The van der Waals surface area contributed by atoms with E-state index in [-0.39, 0.29) is 11.1 Å². The summed E-state index contributed by atoms with van der Waals surface area (Å²) in [7, 11) is 6.04. The van der Waals surface area contributed by atoms with Crippen LogP contribution in [0.4, 0.5) is 5.69 Å². The van der Waals surface area contributed by atoms with Gasteiger partial charge in [-0.15, -0.1) is 0 Å². The summed E-state index contributed by atoms with van der Waals surface area (Å²) in [5.41, 5.74) is 1.02. The fourth-order valence-electron chi connectivity index (χ4n) is 4.02. The number of anilines is 1. The number of pyridine rings is 1. The standard InChI is InChI=1S/C28H28N2O7/c1-6-37-19-10-8-18(9-11-19)30-16-22(20-14-25(35-4)26(36-5)15-21(20)28(30)32)27(31)29-17-7-12-23(33-2)24(13-17)34-3/h7-16H,6H2,1-5H3,(H,29,31). The number of hydrogen-bond donors (Lipinski definition) is 1. The van der Waals surface area contributed by atoms with E-state index in [0.717, 1.165) is 0 Å². The van der Waals surface area contributed by atoms with E-state index in [1.165, 1.54) is 39.2 Å². The summed E-state index contributed by atoms with van der Waals surface area (Å²) in [5, 5.41) is 3.60. The van der Waals surface area contributed by atoms with Gasteiger partial charge in [-0.3, -0.25) is 14.2 Å². The Bertz CT molecular complexity index is 1490. The van der Waals surface area contributed by atoms with Crippen LogP contribution < -0.4 is 34.6 Å². The Hall–Kier alpha value is -4.66. The Morgan fingerprint density at radius 2 is 1.38 bits per heavy atom. The lowest BCUT2D eigenvalue weighted by Gasteiger charge is -2.16. The Morgan fingerprint density at radius 1 is 0.784 bits per heavy atom. The maximum atomic E-state index is 13.6. The van der Waals surface area contributed by atoms with Crippen LogP contribution in [-0.2, 0) is 0 Å². The van der Waals surface area contributed by atoms with Gasteiger partial charge >= 0.3 is 0 Å². The number of carbonyl (C=O) groups is 1. The molecule has 0 spiro atoms. The summed E-state index contributed by atoms with van der Waals surface area (Å²) in [6.07, 6.45) is 1.52. The van der Waals surface area contributed by atoms with Crippen LogP contribution in [0.5, 0.6) is 28.7 Å². The second-order valence-electron chi connectivity index (χ2n) is 7.92. The zero-order chi connectivity index (χ0) is 26.5. The first kappa shape index (κ1) is 25.4. The van der Waals surface area contributed by atoms with Gasteiger partial charge in [0.05, 0.1) is 46.0 Å². The van der Waals surface area contributed by atoms with Crippen molar-refractivity contribution in [3.63, 3.8) is 0 Å². The minimum Gasteiger partial charge on any atom is -0.494 e. The normalized spacial score (nSPS) is 10.6. The SMILES string of the molecule is CCOc1ccc(-n2cc(C(=O)Nc3ccc(OC)c(OC)c3)c3cc(OC)c(OC)cc3c2=O)cc1. The molecule has 0 fully saturated rings. The van der Waals surface area contributed by atoms with Gasteiger partial charge in [0.15, 0.2) is 23.0 Å². The predicted molar refractivity (Wildman–Crippen MR) is 141 cm³/mol. The van der Waals surface area contributed by atoms with Gasteiger partial charge < -0.3 is 29.0 Å². The minimum absolute atomic E-state index is 0.263. The van der Waals surface area contributed by atoms with Gasteiger partial charge in [0, 0.05) is 29.0 Å². The molecule has 192 valence electrons. The summed E-state index contributed by atoms with van der Waals surface area (Å²) in [6.45, 7) is 2.42. The summed E-state index contributed by atoms with van der Waals surface area (Å²) >= 11 is 0. The highest BCUT2D eigenvalue weighted by Gasteiger charge is 2.20. The molecule has 1 amide bonds. The third kappa shape index (κ3) is 5.02. The fraction of sp³-hybridized carbons (Fsp3) is 0.214. The van der Waals surface area contributed by atoms with Crippen LogP contribution in [0.3, 0.4) is 0 Å². The molecule has 0 saturated heterocycles. The predicted octanol–water partition coefficient (Wildman–Crippen LogP) is 4.68. The largest absolute Gasteiger partial charge is 0.494 e. The molecule has 9 heteroatoms. The molecular formula is C28H28N2O7. The van der Waals surface area contributed by atoms with Crippen molar-refractivity contribution < 1.29 is 28.5 Å². The van der Waals surface area contributed by atoms with Crippen LogP contribution in [0, 0.1) is 0 Å². The number of nitrogens with one attached hydrogen (secondary N) is 1. The minimum atomic E-state index is -0.427. The smallest absolute Gasteiger partial charge is 0.263 e. The number of aromatic nitrogens is 1. The van der Waals surface area contributed by atoms with E-state index in [4.69, 9.17) is 23.7 Å². The summed E-state index contributed by atoms with van der Waals surface area (Å²) in [5.74, 6) is 2.03. The molecule has 0 bridgehead atoms. The lowest BCUT2D eigenvalue weighted by Crippen LogP contribution is -2.23. The Balaban J connectivity index is 1.88. The van der Waals surface area contributed by atoms with E-state index in [0.29, 0.717) is 57.5 Å². The van der Waals surface area contributed by atoms with Gasteiger partial charge in [-0.25, -0.2) is 0 Å². The topological polar surface area (TPSA) is 97.2 Å². The van der Waals surface area contributed by atoms with Crippen molar-refractivity contribution >= 4 is 22.4 Å². The summed E-state index contributed by atoms with van der Waals surface area (Å²) in [4.78, 5) is 27.1. The number of hydrogen-bond acceptors (Lipinski definition) is 7. The van der Waals surface area contributed by atoms with E-state index >= 15 is 0 Å². The van der Waals surface area contributed by atoms with Crippen molar-refractivity contribution in [2.75, 3.05) is 40.4 Å². The third-order valence-electron chi connectivity index (χ3n) is 5.83. The number of rotatable bonds is 9. The quantitative estimate of drug-likeness (QED) is 0.354.